The number of benzene rings is 4. The molecule has 0 aromatic heterocycles. The quantitative estimate of drug-likeness (QED) is 0.0916. The fourth-order valence-corrected chi connectivity index (χ4v) is 11.3. The van der Waals surface area contributed by atoms with E-state index < -0.39 is 119 Å². The molecule has 6 rings (SSSR count). The Bertz CT molecular complexity index is 3280. The minimum absolute atomic E-state index is 0.00285. The third kappa shape index (κ3) is 20.3. The number of nitrogens with one attached hydrogen (secondary N) is 3. The van der Waals surface area contributed by atoms with Crippen LogP contribution in [0.4, 0.5) is 10.1 Å². The second kappa shape index (κ2) is 33.9. The summed E-state index contributed by atoms with van der Waals surface area (Å²) in [7, 11) is 7.45. The molecule has 1 saturated heterocycles. The Labute approximate surface area is 539 Å². The largest absolute Gasteiger partial charge is 0.493 e. The van der Waals surface area contributed by atoms with Crippen molar-refractivity contribution in [1.29, 1.82) is 0 Å². The number of ether oxygens (including phenoxy) is 4. The number of ketones is 1. The summed E-state index contributed by atoms with van der Waals surface area (Å²) in [4.78, 5) is 148. The molecule has 0 radical (unpaired) electrons. The number of hydrogen-bond acceptors (Lipinski definition) is 14. The van der Waals surface area contributed by atoms with Crippen LogP contribution in [0.15, 0.2) is 109 Å². The van der Waals surface area contributed by atoms with Crippen molar-refractivity contribution in [3.05, 3.63) is 137 Å². The summed E-state index contributed by atoms with van der Waals surface area (Å²) in [5.74, 6) is -7.20. The van der Waals surface area contributed by atoms with Crippen LogP contribution in [0.5, 0.6) is 11.5 Å². The van der Waals surface area contributed by atoms with E-state index >= 15 is 0 Å². The molecule has 7 amide bonds. The molecule has 6 atom stereocenters. The van der Waals surface area contributed by atoms with E-state index in [9.17, 15) is 52.3 Å². The van der Waals surface area contributed by atoms with Gasteiger partial charge in [0.25, 0.3) is 5.91 Å². The van der Waals surface area contributed by atoms with E-state index in [-0.39, 0.29) is 70.4 Å². The number of cyclic esters (lactones) is 2. The van der Waals surface area contributed by atoms with Crippen LogP contribution >= 0.6 is 0 Å². The second-order valence-electron chi connectivity index (χ2n) is 25.0. The van der Waals surface area contributed by atoms with E-state index in [1.165, 1.54) is 99.2 Å². The molecule has 22 heteroatoms. The van der Waals surface area contributed by atoms with Crippen molar-refractivity contribution in [2.24, 2.45) is 17.3 Å². The predicted molar refractivity (Wildman–Crippen MR) is 343 cm³/mol. The van der Waals surface area contributed by atoms with Crippen LogP contribution in [-0.4, -0.2) is 164 Å². The monoisotopic (exact) mass is 1270 g/mol. The highest BCUT2D eigenvalue weighted by Crippen LogP contribution is 2.33. The summed E-state index contributed by atoms with van der Waals surface area (Å²) >= 11 is 0. The minimum atomic E-state index is -1.54. The van der Waals surface area contributed by atoms with Crippen LogP contribution in [0.25, 0.3) is 0 Å². The zero-order valence-corrected chi connectivity index (χ0v) is 54.8. The normalized spacial score (nSPS) is 22.1. The number of nitrogens with zero attached hydrogens (tertiary/aromatic N) is 4. The van der Waals surface area contributed by atoms with Gasteiger partial charge in [-0.05, 0) is 129 Å². The molecule has 92 heavy (non-hydrogen) atoms. The number of piperidine rings is 1. The molecular weight excluding hydrogens is 1180 g/mol. The minimum Gasteiger partial charge on any atom is -0.493 e. The molecule has 1 fully saturated rings. The molecule has 4 aromatic rings. The Morgan fingerprint density at radius 1 is 0.696 bits per heavy atom. The topological polar surface area (TPSA) is 257 Å². The van der Waals surface area contributed by atoms with E-state index in [4.69, 9.17) is 18.9 Å². The molecule has 21 nitrogen and oxygen atoms in total. The number of halogens is 1. The molecule has 4 aromatic carbocycles. The fourth-order valence-electron chi connectivity index (χ4n) is 11.3. The summed E-state index contributed by atoms with van der Waals surface area (Å²) < 4.78 is 37.0. The highest BCUT2D eigenvalue weighted by Gasteiger charge is 2.43. The number of methoxy groups -OCH3 is 2. The maximum Gasteiger partial charge on any atom is 0.330 e. The van der Waals surface area contributed by atoms with E-state index in [1.54, 1.807) is 80.6 Å². The number of esters is 2. The number of aryl methyl sites for hydroxylation is 1. The lowest BCUT2D eigenvalue weighted by Crippen LogP contribution is -2.60. The molecule has 2 aliphatic rings. The Kier molecular flexibility index (Phi) is 26.6. The number of hydrogen-bond donors (Lipinski definition) is 3. The van der Waals surface area contributed by atoms with Crippen LogP contribution in [0.1, 0.15) is 121 Å². The van der Waals surface area contributed by atoms with Gasteiger partial charge in [0.2, 0.25) is 41.2 Å². The number of fused-ring (bicyclic) bond motifs is 3. The first-order valence-electron chi connectivity index (χ1n) is 31.4. The molecular formula is C70H90FN7O14. The number of carbonyl (C=O) groups excluding carboxylic acids is 10. The van der Waals surface area contributed by atoms with Crippen LogP contribution < -0.4 is 25.4 Å². The maximum absolute atomic E-state index is 15.0. The van der Waals surface area contributed by atoms with Crippen molar-refractivity contribution in [3.8, 4) is 11.5 Å². The highest BCUT2D eigenvalue weighted by molar-refractivity contribution is 6.38. The van der Waals surface area contributed by atoms with Gasteiger partial charge >= 0.3 is 11.9 Å². The lowest BCUT2D eigenvalue weighted by atomic mass is 9.87. The Morgan fingerprint density at radius 3 is 2.01 bits per heavy atom. The third-order valence-corrected chi connectivity index (χ3v) is 16.6. The van der Waals surface area contributed by atoms with Crippen molar-refractivity contribution in [2.75, 3.05) is 60.4 Å². The molecule has 0 unspecified atom stereocenters. The molecule has 0 spiro atoms. The van der Waals surface area contributed by atoms with Gasteiger partial charge in [0.1, 0.15) is 48.7 Å². The summed E-state index contributed by atoms with van der Waals surface area (Å²) in [6.07, 6.45) is 3.10. The Balaban J connectivity index is 1.34. The molecule has 0 saturated carbocycles. The summed E-state index contributed by atoms with van der Waals surface area (Å²) in [5.41, 5.74) is 1.30. The lowest BCUT2D eigenvalue weighted by Gasteiger charge is -2.36. The van der Waals surface area contributed by atoms with Crippen LogP contribution in [0.3, 0.4) is 0 Å². The number of carbonyl (C=O) groups is 10. The molecule has 496 valence electrons. The SMILES string of the molecule is COc1ccc(CC[C@H]2OC(=O)[C@@H]3CCCCN3C(=O)C(=O)C(C)(C)COC(=O)C=CCCN(C)C(=O)[C@H](Cc3ccc(F)cc3)NC(=O)[C@H](C(C)C)N(C)C(=O)[C@@H](Cc3ccccc3)NC(=O)[C@H](CC(C)C)N(C)C(=O)CCC(=O)Nc3cccc2c3)cc1OC. The van der Waals surface area contributed by atoms with Gasteiger partial charge in [-0.3, -0.25) is 38.4 Å². The van der Waals surface area contributed by atoms with Crippen LogP contribution in [0, 0.1) is 23.1 Å². The highest BCUT2D eigenvalue weighted by atomic mass is 19.1. The molecule has 2 aliphatic heterocycles. The number of Topliss-reactive ketones (excluding diaryl/α,β-unsaturated/α-hetero) is 1. The third-order valence-electron chi connectivity index (χ3n) is 16.6. The smallest absolute Gasteiger partial charge is 0.330 e. The van der Waals surface area contributed by atoms with Crippen LogP contribution in [0.2, 0.25) is 0 Å². The van der Waals surface area contributed by atoms with Gasteiger partial charge in [-0.25, -0.2) is 14.0 Å². The van der Waals surface area contributed by atoms with E-state index in [2.05, 4.69) is 16.0 Å². The van der Waals surface area contributed by atoms with Crippen molar-refractivity contribution >= 4 is 64.8 Å². The van der Waals surface area contributed by atoms with Gasteiger partial charge < -0.3 is 54.5 Å². The predicted octanol–water partition coefficient (Wildman–Crippen LogP) is 7.53. The van der Waals surface area contributed by atoms with Gasteiger partial charge in [0.05, 0.1) is 19.6 Å². The second-order valence-corrected chi connectivity index (χ2v) is 25.0. The summed E-state index contributed by atoms with van der Waals surface area (Å²) in [6, 6.07) is 20.5. The summed E-state index contributed by atoms with van der Waals surface area (Å²) in [6.45, 7) is 9.76. The van der Waals surface area contributed by atoms with Gasteiger partial charge in [-0.15, -0.1) is 0 Å². The number of likely N-dealkylation sites (N-methyl/N-ethyl adjacent to an activating group) is 3. The Hall–Kier alpha value is -8.95. The zero-order chi connectivity index (χ0) is 67.4. The van der Waals surface area contributed by atoms with Crippen molar-refractivity contribution in [3.63, 3.8) is 0 Å². The lowest BCUT2D eigenvalue weighted by molar-refractivity contribution is -0.165. The first-order valence-corrected chi connectivity index (χ1v) is 31.4. The summed E-state index contributed by atoms with van der Waals surface area (Å²) in [5, 5.41) is 8.64. The first kappa shape index (κ1) is 72.1. The fraction of sp³-hybridized carbons (Fsp3) is 0.486. The van der Waals surface area contributed by atoms with Crippen LogP contribution in [-0.2, 0) is 76.7 Å². The van der Waals surface area contributed by atoms with Crippen molar-refractivity contribution < 1.29 is 71.3 Å². The molecule has 3 N–H and O–H groups in total. The number of anilines is 1. The van der Waals surface area contributed by atoms with Gasteiger partial charge in [-0.1, -0.05) is 94.4 Å². The number of amides is 7. The van der Waals surface area contributed by atoms with Gasteiger partial charge in [0, 0.05) is 71.7 Å². The maximum atomic E-state index is 15.0. The molecule has 2 heterocycles. The molecule has 0 aliphatic carbocycles. The van der Waals surface area contributed by atoms with Gasteiger partial charge in [0.15, 0.2) is 11.5 Å². The zero-order valence-electron chi connectivity index (χ0n) is 54.8. The van der Waals surface area contributed by atoms with E-state index in [1.807, 2.05) is 19.9 Å². The molecule has 2 bridgehead atoms. The van der Waals surface area contributed by atoms with Crippen molar-refractivity contribution in [1.82, 2.24) is 30.2 Å². The van der Waals surface area contributed by atoms with Crippen molar-refractivity contribution in [2.45, 2.75) is 148 Å². The standard InChI is InChI=1S/C70H90FN7O14/c1-44(2)38-55-64(83)73-53(39-46-20-13-12-14-21-46)67(86)77(9)62(45(3)4)65(84)74-52(40-47-26-30-50(71)31-27-47)66(85)75(7)36-17-16-25-61(81)91-43-70(5,6)63(82)68(87)78-37-18-15-24-54(78)69(88)92-56(32-28-48-29-33-57(89-10)58(41-48)90-11)49-22-19-23-51(42-49)72-59(79)34-35-60(80)76(55)8/h12-14,16,19-23,25-27,29-31,33,41-42,44-45,52-56,62H,15,17-18,24,28,32,34-40,43H2,1-11H3,(H,72,79)(H,73,83)(H,74,84)/t52-,53+,54-,55-,56+,62-/m0/s1. The van der Waals surface area contributed by atoms with E-state index in [0.29, 0.717) is 53.1 Å². The average Bonchev–Trinajstić information content (AvgIpc) is 0.849. The number of rotatable bonds is 12. The first-order chi connectivity index (χ1) is 43.7. The van der Waals surface area contributed by atoms with Gasteiger partial charge in [-0.2, -0.15) is 0 Å². The average molecular weight is 1270 g/mol. The van der Waals surface area contributed by atoms with E-state index in [0.717, 1.165) is 11.6 Å². The Morgan fingerprint density at radius 2 is 1.35 bits per heavy atom.